The first-order valence-corrected chi connectivity index (χ1v) is 6.05. The second-order valence-corrected chi connectivity index (χ2v) is 4.25. The Morgan fingerprint density at radius 3 is 2.19 bits per heavy atom. The molecule has 1 aliphatic rings. The highest BCUT2D eigenvalue weighted by Gasteiger charge is 2.19. The first-order valence-electron chi connectivity index (χ1n) is 6.05. The van der Waals surface area contributed by atoms with E-state index < -0.39 is 6.09 Å². The highest BCUT2D eigenvalue weighted by Crippen LogP contribution is 2.05. The first-order chi connectivity index (χ1) is 7.74. The van der Waals surface area contributed by atoms with Gasteiger partial charge in [0.05, 0.1) is 0 Å². The molecule has 0 aliphatic carbocycles. The summed E-state index contributed by atoms with van der Waals surface area (Å²) < 4.78 is 0. The third-order valence-corrected chi connectivity index (χ3v) is 3.03. The fraction of sp³-hybridized carbons (Fsp3) is 0.909. The highest BCUT2D eigenvalue weighted by molar-refractivity contribution is 5.65. The maximum absolute atomic E-state index is 10.7. The van der Waals surface area contributed by atoms with E-state index in [1.165, 1.54) is 4.90 Å². The van der Waals surface area contributed by atoms with Gasteiger partial charge in [0, 0.05) is 32.8 Å². The standard InChI is InChI=1S/C11H22N2O3/c14-10-4-2-1-3-5-12-6-8-13(9-7-12)11(15)16/h14H,1-10H2,(H,15,16). The number of amides is 1. The molecule has 1 amide bonds. The van der Waals surface area contributed by atoms with Crippen molar-refractivity contribution >= 4 is 6.09 Å². The largest absolute Gasteiger partial charge is 0.465 e. The van der Waals surface area contributed by atoms with E-state index in [0.717, 1.165) is 45.3 Å². The van der Waals surface area contributed by atoms with Gasteiger partial charge in [0.2, 0.25) is 0 Å². The molecule has 0 atom stereocenters. The number of aliphatic hydroxyl groups is 1. The molecule has 94 valence electrons. The van der Waals surface area contributed by atoms with Crippen molar-refractivity contribution in [1.82, 2.24) is 9.80 Å². The van der Waals surface area contributed by atoms with Gasteiger partial charge < -0.3 is 15.1 Å². The lowest BCUT2D eigenvalue weighted by atomic mass is 10.2. The molecule has 5 heteroatoms. The SMILES string of the molecule is O=C(O)N1CCN(CCCCCCO)CC1. The number of carboxylic acid groups (broad SMARTS) is 1. The van der Waals surface area contributed by atoms with Gasteiger partial charge in [-0.05, 0) is 19.4 Å². The van der Waals surface area contributed by atoms with Crippen LogP contribution in [0, 0.1) is 0 Å². The summed E-state index contributed by atoms with van der Waals surface area (Å²) in [4.78, 5) is 14.5. The third kappa shape index (κ3) is 4.81. The molecule has 0 unspecified atom stereocenters. The molecule has 5 nitrogen and oxygen atoms in total. The summed E-state index contributed by atoms with van der Waals surface area (Å²) in [7, 11) is 0. The fourth-order valence-electron chi connectivity index (χ4n) is 1.96. The Morgan fingerprint density at radius 1 is 1.00 bits per heavy atom. The van der Waals surface area contributed by atoms with Crippen molar-refractivity contribution in [1.29, 1.82) is 0 Å². The van der Waals surface area contributed by atoms with Crippen molar-refractivity contribution in [3.63, 3.8) is 0 Å². The van der Waals surface area contributed by atoms with Crippen LogP contribution in [0.1, 0.15) is 25.7 Å². The van der Waals surface area contributed by atoms with Crippen LogP contribution in [0.4, 0.5) is 4.79 Å². The van der Waals surface area contributed by atoms with E-state index in [4.69, 9.17) is 10.2 Å². The van der Waals surface area contributed by atoms with Crippen LogP contribution in [0.25, 0.3) is 0 Å². The van der Waals surface area contributed by atoms with Gasteiger partial charge in [0.1, 0.15) is 0 Å². The summed E-state index contributed by atoms with van der Waals surface area (Å²) >= 11 is 0. The molecule has 0 aromatic carbocycles. The molecule has 0 spiro atoms. The van der Waals surface area contributed by atoms with Gasteiger partial charge in [0.25, 0.3) is 0 Å². The minimum absolute atomic E-state index is 0.289. The molecule has 1 fully saturated rings. The van der Waals surface area contributed by atoms with Crippen LogP contribution in [0.3, 0.4) is 0 Å². The average Bonchev–Trinajstić information content (AvgIpc) is 2.29. The molecular formula is C11H22N2O3. The van der Waals surface area contributed by atoms with Crippen LogP contribution in [0.5, 0.6) is 0 Å². The predicted molar refractivity (Wildman–Crippen MR) is 61.6 cm³/mol. The topological polar surface area (TPSA) is 64.0 Å². The van der Waals surface area contributed by atoms with Crippen LogP contribution < -0.4 is 0 Å². The summed E-state index contributed by atoms with van der Waals surface area (Å²) in [6.45, 7) is 4.31. The van der Waals surface area contributed by atoms with Crippen LogP contribution in [-0.4, -0.2) is 65.4 Å². The Labute approximate surface area is 96.7 Å². The molecule has 2 N–H and O–H groups in total. The summed E-state index contributed by atoms with van der Waals surface area (Å²) in [5.41, 5.74) is 0. The van der Waals surface area contributed by atoms with Gasteiger partial charge in [-0.15, -0.1) is 0 Å². The number of unbranched alkanes of at least 4 members (excludes halogenated alkanes) is 3. The number of hydrogen-bond donors (Lipinski definition) is 2. The highest BCUT2D eigenvalue weighted by atomic mass is 16.4. The molecule has 1 saturated heterocycles. The number of piperazine rings is 1. The Kier molecular flexibility index (Phi) is 6.18. The third-order valence-electron chi connectivity index (χ3n) is 3.03. The van der Waals surface area contributed by atoms with E-state index in [0.29, 0.717) is 13.1 Å². The van der Waals surface area contributed by atoms with Gasteiger partial charge >= 0.3 is 6.09 Å². The smallest absolute Gasteiger partial charge is 0.407 e. The van der Waals surface area contributed by atoms with E-state index in [2.05, 4.69) is 4.90 Å². The molecule has 0 radical (unpaired) electrons. The summed E-state index contributed by atoms with van der Waals surface area (Å²) in [6.07, 6.45) is 3.48. The van der Waals surface area contributed by atoms with Crippen molar-refractivity contribution in [3.05, 3.63) is 0 Å². The Hall–Kier alpha value is -0.810. The zero-order valence-corrected chi connectivity index (χ0v) is 9.77. The molecule has 1 aliphatic heterocycles. The lowest BCUT2D eigenvalue weighted by Gasteiger charge is -2.33. The van der Waals surface area contributed by atoms with Crippen LogP contribution >= 0.6 is 0 Å². The maximum Gasteiger partial charge on any atom is 0.407 e. The van der Waals surface area contributed by atoms with Crippen LogP contribution in [0.2, 0.25) is 0 Å². The van der Waals surface area contributed by atoms with E-state index in [9.17, 15) is 4.79 Å². The second kappa shape index (κ2) is 7.46. The lowest BCUT2D eigenvalue weighted by molar-refractivity contribution is 0.105. The van der Waals surface area contributed by atoms with Crippen molar-refractivity contribution in [2.24, 2.45) is 0 Å². The van der Waals surface area contributed by atoms with Gasteiger partial charge in [0.15, 0.2) is 0 Å². The quantitative estimate of drug-likeness (QED) is 0.664. The first kappa shape index (κ1) is 13.3. The fourth-order valence-corrected chi connectivity index (χ4v) is 1.96. The molecular weight excluding hydrogens is 208 g/mol. The Bertz CT molecular complexity index is 203. The van der Waals surface area contributed by atoms with Gasteiger partial charge in [-0.25, -0.2) is 4.79 Å². The summed E-state index contributed by atoms with van der Waals surface area (Å²) in [5, 5.41) is 17.4. The molecule has 16 heavy (non-hydrogen) atoms. The number of hydrogen-bond acceptors (Lipinski definition) is 3. The zero-order valence-electron chi connectivity index (χ0n) is 9.77. The lowest BCUT2D eigenvalue weighted by Crippen LogP contribution is -2.48. The van der Waals surface area contributed by atoms with E-state index in [-0.39, 0.29) is 6.61 Å². The van der Waals surface area contributed by atoms with Crippen molar-refractivity contribution in [2.75, 3.05) is 39.3 Å². The van der Waals surface area contributed by atoms with Crippen LogP contribution in [-0.2, 0) is 0 Å². The molecule has 0 saturated carbocycles. The Balaban J connectivity index is 2.02. The van der Waals surface area contributed by atoms with Gasteiger partial charge in [-0.2, -0.15) is 0 Å². The van der Waals surface area contributed by atoms with Crippen LogP contribution in [0.15, 0.2) is 0 Å². The van der Waals surface area contributed by atoms with Gasteiger partial charge in [-0.3, -0.25) is 4.90 Å². The average molecular weight is 230 g/mol. The summed E-state index contributed by atoms with van der Waals surface area (Å²) in [6, 6.07) is 0. The number of rotatable bonds is 6. The monoisotopic (exact) mass is 230 g/mol. The zero-order chi connectivity index (χ0) is 11.8. The minimum atomic E-state index is -0.803. The molecule has 0 aromatic rings. The van der Waals surface area contributed by atoms with Crippen molar-refractivity contribution in [3.8, 4) is 0 Å². The molecule has 1 heterocycles. The number of aliphatic hydroxyl groups excluding tert-OH is 1. The minimum Gasteiger partial charge on any atom is -0.465 e. The molecule has 1 rings (SSSR count). The predicted octanol–water partition coefficient (Wildman–Crippen LogP) is 0.835. The molecule has 0 bridgehead atoms. The van der Waals surface area contributed by atoms with Crippen molar-refractivity contribution in [2.45, 2.75) is 25.7 Å². The van der Waals surface area contributed by atoms with E-state index >= 15 is 0 Å². The van der Waals surface area contributed by atoms with E-state index in [1.807, 2.05) is 0 Å². The number of carbonyl (C=O) groups is 1. The normalized spacial score (nSPS) is 17.7. The van der Waals surface area contributed by atoms with Gasteiger partial charge in [-0.1, -0.05) is 12.8 Å². The second-order valence-electron chi connectivity index (χ2n) is 4.25. The Morgan fingerprint density at radius 2 is 1.62 bits per heavy atom. The maximum atomic E-state index is 10.7. The van der Waals surface area contributed by atoms with Crippen molar-refractivity contribution < 1.29 is 15.0 Å². The van der Waals surface area contributed by atoms with E-state index in [1.54, 1.807) is 0 Å². The molecule has 0 aromatic heterocycles. The number of nitrogens with zero attached hydrogens (tertiary/aromatic N) is 2. The summed E-state index contributed by atoms with van der Waals surface area (Å²) in [5.74, 6) is 0.